The normalized spacial score (nSPS) is 11.1. The number of aryl methyl sites for hydroxylation is 1. The number of aromatic nitrogens is 2. The molecule has 0 spiro atoms. The van der Waals surface area contributed by atoms with Crippen LogP contribution >= 0.6 is 11.3 Å². The molecule has 8 heteroatoms. The zero-order chi connectivity index (χ0) is 17.3. The summed E-state index contributed by atoms with van der Waals surface area (Å²) in [5.41, 5.74) is -0.878. The number of ether oxygens (including phenoxy) is 1. The van der Waals surface area contributed by atoms with Crippen molar-refractivity contribution >= 4 is 27.5 Å². The van der Waals surface area contributed by atoms with Gasteiger partial charge in [-0.2, -0.15) is 0 Å². The molecule has 0 aromatic carbocycles. The van der Waals surface area contributed by atoms with E-state index in [0.717, 1.165) is 22.3 Å². The van der Waals surface area contributed by atoms with Gasteiger partial charge in [-0.3, -0.25) is 14.3 Å². The number of nitrogens with zero attached hydrogens (tertiary/aromatic N) is 1. The van der Waals surface area contributed by atoms with Crippen LogP contribution in [0.3, 0.4) is 0 Å². The van der Waals surface area contributed by atoms with E-state index in [9.17, 15) is 14.4 Å². The van der Waals surface area contributed by atoms with Crippen LogP contribution < -0.4 is 11.2 Å². The van der Waals surface area contributed by atoms with Crippen molar-refractivity contribution in [2.75, 3.05) is 7.11 Å². The van der Waals surface area contributed by atoms with E-state index in [-0.39, 0.29) is 17.9 Å². The molecule has 1 N–H and O–H groups in total. The van der Waals surface area contributed by atoms with E-state index in [4.69, 9.17) is 4.42 Å². The molecule has 0 aliphatic carbocycles. The second kappa shape index (κ2) is 6.48. The molecule has 3 heterocycles. The molecule has 7 nitrogen and oxygen atoms in total. The van der Waals surface area contributed by atoms with Gasteiger partial charge in [0.05, 0.1) is 19.0 Å². The number of carbonyl (C=O) groups excluding carboxylic acids is 1. The molecule has 0 aliphatic rings. The Balaban J connectivity index is 2.00. The van der Waals surface area contributed by atoms with Crippen molar-refractivity contribution in [1.29, 1.82) is 0 Å². The van der Waals surface area contributed by atoms with Gasteiger partial charge in [-0.05, 0) is 24.6 Å². The fraction of sp³-hybridized carbons (Fsp3) is 0.312. The van der Waals surface area contributed by atoms with Crippen molar-refractivity contribution in [1.82, 2.24) is 9.55 Å². The monoisotopic (exact) mass is 348 g/mol. The maximum atomic E-state index is 12.6. The number of thiophene rings is 1. The molecule has 0 saturated heterocycles. The average Bonchev–Trinajstić information content (AvgIpc) is 3.18. The first kappa shape index (κ1) is 16.3. The van der Waals surface area contributed by atoms with Crippen LogP contribution in [0, 0.1) is 0 Å². The third-order valence-corrected chi connectivity index (χ3v) is 4.69. The molecule has 0 radical (unpaired) electrons. The molecular formula is C16H16N2O5S. The lowest BCUT2D eigenvalue weighted by atomic mass is 10.2. The van der Waals surface area contributed by atoms with Crippen molar-refractivity contribution in [2.45, 2.75) is 26.3 Å². The Morgan fingerprint density at radius 3 is 2.88 bits per heavy atom. The number of aromatic amines is 1. The third-order valence-electron chi connectivity index (χ3n) is 3.58. The number of furan rings is 1. The Labute approximate surface area is 140 Å². The number of methoxy groups -OCH3 is 1. The Morgan fingerprint density at radius 1 is 1.38 bits per heavy atom. The van der Waals surface area contributed by atoms with Gasteiger partial charge < -0.3 is 9.15 Å². The second-order valence-corrected chi connectivity index (χ2v) is 6.42. The molecule has 0 unspecified atom stereocenters. The summed E-state index contributed by atoms with van der Waals surface area (Å²) in [4.78, 5) is 40.6. The number of H-pyrrole nitrogens is 1. The molecule has 0 fully saturated rings. The SMILES string of the molecule is CCCc1cc2c(=O)n(Cc3ccc(C(=O)OC)o3)c(=O)[nH]c2s1. The van der Waals surface area contributed by atoms with Gasteiger partial charge in [-0.15, -0.1) is 11.3 Å². The molecule has 126 valence electrons. The number of nitrogens with one attached hydrogen (secondary N) is 1. The van der Waals surface area contributed by atoms with Gasteiger partial charge >= 0.3 is 11.7 Å². The fourth-order valence-corrected chi connectivity index (χ4v) is 3.58. The van der Waals surface area contributed by atoms with Crippen LogP contribution in [0.1, 0.15) is 34.5 Å². The molecule has 24 heavy (non-hydrogen) atoms. The number of fused-ring (bicyclic) bond motifs is 1. The van der Waals surface area contributed by atoms with Gasteiger partial charge in [0.25, 0.3) is 5.56 Å². The molecule has 3 rings (SSSR count). The Kier molecular flexibility index (Phi) is 4.39. The van der Waals surface area contributed by atoms with Crippen molar-refractivity contribution in [3.8, 4) is 0 Å². The van der Waals surface area contributed by atoms with Crippen LogP contribution in [0.15, 0.2) is 32.2 Å². The fourth-order valence-electron chi connectivity index (χ4n) is 2.44. The number of rotatable bonds is 5. The van der Waals surface area contributed by atoms with Gasteiger partial charge in [0, 0.05) is 4.88 Å². The van der Waals surface area contributed by atoms with Gasteiger partial charge in [0.2, 0.25) is 5.76 Å². The summed E-state index contributed by atoms with van der Waals surface area (Å²) in [7, 11) is 1.25. The molecule has 0 aliphatic heterocycles. The van der Waals surface area contributed by atoms with E-state index in [1.807, 2.05) is 6.07 Å². The average molecular weight is 348 g/mol. The summed E-state index contributed by atoms with van der Waals surface area (Å²) in [5, 5.41) is 0.489. The lowest BCUT2D eigenvalue weighted by molar-refractivity contribution is 0.0563. The quantitative estimate of drug-likeness (QED) is 0.713. The van der Waals surface area contributed by atoms with E-state index >= 15 is 0 Å². The van der Waals surface area contributed by atoms with E-state index in [0.29, 0.717) is 16.0 Å². The molecular weight excluding hydrogens is 332 g/mol. The highest BCUT2D eigenvalue weighted by atomic mass is 32.1. The van der Waals surface area contributed by atoms with Gasteiger partial charge in [0.1, 0.15) is 10.6 Å². The summed E-state index contributed by atoms with van der Waals surface area (Å²) in [6.45, 7) is 2.00. The number of esters is 1. The van der Waals surface area contributed by atoms with Crippen LogP contribution in [0.2, 0.25) is 0 Å². The second-order valence-electron chi connectivity index (χ2n) is 5.28. The summed E-state index contributed by atoms with van der Waals surface area (Å²) in [6.07, 6.45) is 1.83. The van der Waals surface area contributed by atoms with Crippen LogP contribution in [0.25, 0.3) is 10.2 Å². The topological polar surface area (TPSA) is 94.3 Å². The molecule has 3 aromatic heterocycles. The standard InChI is InChI=1S/C16H16N2O5S/c1-3-4-10-7-11-13(24-10)17-16(21)18(14(11)19)8-9-5-6-12(23-9)15(20)22-2/h5-7H,3-4,8H2,1-2H3,(H,17,21). The van der Waals surface area contributed by atoms with Crippen LogP contribution in [0.5, 0.6) is 0 Å². The predicted octanol–water partition coefficient (Wildman–Crippen LogP) is 2.13. The van der Waals surface area contributed by atoms with E-state index in [1.54, 1.807) is 6.07 Å². The predicted molar refractivity (Wildman–Crippen MR) is 89.9 cm³/mol. The maximum absolute atomic E-state index is 12.6. The third kappa shape index (κ3) is 2.92. The van der Waals surface area contributed by atoms with Crippen molar-refractivity contribution in [3.05, 3.63) is 55.4 Å². The van der Waals surface area contributed by atoms with Crippen LogP contribution in [0.4, 0.5) is 0 Å². The zero-order valence-corrected chi connectivity index (χ0v) is 14.1. The molecule has 3 aromatic rings. The highest BCUT2D eigenvalue weighted by molar-refractivity contribution is 7.18. The van der Waals surface area contributed by atoms with Crippen LogP contribution in [-0.4, -0.2) is 22.6 Å². The number of carbonyl (C=O) groups is 1. The largest absolute Gasteiger partial charge is 0.463 e. The minimum Gasteiger partial charge on any atom is -0.463 e. The molecule has 0 saturated carbocycles. The van der Waals surface area contributed by atoms with E-state index in [1.165, 1.54) is 24.5 Å². The first-order valence-corrected chi connectivity index (χ1v) is 8.27. The Morgan fingerprint density at radius 2 is 2.17 bits per heavy atom. The van der Waals surface area contributed by atoms with E-state index < -0.39 is 11.7 Å². The van der Waals surface area contributed by atoms with Gasteiger partial charge in [-0.1, -0.05) is 13.3 Å². The highest BCUT2D eigenvalue weighted by Gasteiger charge is 2.15. The van der Waals surface area contributed by atoms with Crippen molar-refractivity contribution in [3.63, 3.8) is 0 Å². The minimum atomic E-state index is -0.611. The highest BCUT2D eigenvalue weighted by Crippen LogP contribution is 2.21. The lowest BCUT2D eigenvalue weighted by Crippen LogP contribution is -2.34. The van der Waals surface area contributed by atoms with E-state index in [2.05, 4.69) is 16.6 Å². The summed E-state index contributed by atoms with van der Waals surface area (Å²) in [5.74, 6) is -0.259. The minimum absolute atomic E-state index is 0.0267. The summed E-state index contributed by atoms with van der Waals surface area (Å²) < 4.78 is 10.9. The zero-order valence-electron chi connectivity index (χ0n) is 13.3. The number of hydrogen-bond acceptors (Lipinski definition) is 6. The van der Waals surface area contributed by atoms with Gasteiger partial charge in [-0.25, -0.2) is 9.59 Å². The van der Waals surface area contributed by atoms with Gasteiger partial charge in [0.15, 0.2) is 0 Å². The molecule has 0 bridgehead atoms. The van der Waals surface area contributed by atoms with Crippen LogP contribution in [-0.2, 0) is 17.7 Å². The summed E-state index contributed by atoms with van der Waals surface area (Å²) in [6, 6.07) is 4.81. The Hall–Kier alpha value is -2.61. The first-order valence-electron chi connectivity index (χ1n) is 7.46. The smallest absolute Gasteiger partial charge is 0.373 e. The first-order chi connectivity index (χ1) is 11.5. The lowest BCUT2D eigenvalue weighted by Gasteiger charge is -2.02. The molecule has 0 atom stereocenters. The summed E-state index contributed by atoms with van der Waals surface area (Å²) >= 11 is 1.42. The Bertz CT molecular complexity index is 1010. The van der Waals surface area contributed by atoms with Crippen molar-refractivity contribution < 1.29 is 13.9 Å². The number of hydrogen-bond donors (Lipinski definition) is 1. The maximum Gasteiger partial charge on any atom is 0.373 e. The molecule has 0 amide bonds. The van der Waals surface area contributed by atoms with Crippen molar-refractivity contribution in [2.24, 2.45) is 0 Å².